The van der Waals surface area contributed by atoms with E-state index in [-0.39, 0.29) is 18.2 Å². The number of hydrogen-bond donors (Lipinski definition) is 2. The number of hydrogen-bond acceptors (Lipinski definition) is 3. The van der Waals surface area contributed by atoms with E-state index in [4.69, 9.17) is 0 Å². The fourth-order valence-corrected chi connectivity index (χ4v) is 4.54. The van der Waals surface area contributed by atoms with Gasteiger partial charge in [0.15, 0.2) is 0 Å². The first kappa shape index (κ1) is 16.7. The van der Waals surface area contributed by atoms with E-state index >= 15 is 0 Å². The number of nitrogens with zero attached hydrogens (tertiary/aromatic N) is 2. The number of rotatable bonds is 1. The van der Waals surface area contributed by atoms with Gasteiger partial charge in [-0.25, -0.2) is 4.68 Å². The third-order valence-electron chi connectivity index (χ3n) is 5.72. The van der Waals surface area contributed by atoms with Crippen molar-refractivity contribution in [3.05, 3.63) is 70.4 Å². The summed E-state index contributed by atoms with van der Waals surface area (Å²) in [6.07, 6.45) is 1.78. The van der Waals surface area contributed by atoms with E-state index in [1.807, 2.05) is 51.1 Å². The number of carbonyl (C=O) groups is 2. The van der Waals surface area contributed by atoms with Gasteiger partial charge in [0.1, 0.15) is 11.2 Å². The van der Waals surface area contributed by atoms with Crippen molar-refractivity contribution in [1.29, 1.82) is 0 Å². The van der Waals surface area contributed by atoms with Crippen molar-refractivity contribution >= 4 is 23.3 Å². The molecule has 0 bridgehead atoms. The maximum Gasteiger partial charge on any atom is 0.240 e. The van der Waals surface area contributed by atoms with Crippen LogP contribution in [-0.4, -0.2) is 21.6 Å². The molecule has 1 spiro atoms. The Morgan fingerprint density at radius 3 is 2.50 bits per heavy atom. The Morgan fingerprint density at radius 1 is 1.00 bits per heavy atom. The van der Waals surface area contributed by atoms with Gasteiger partial charge in [-0.15, -0.1) is 0 Å². The van der Waals surface area contributed by atoms with Crippen molar-refractivity contribution in [1.82, 2.24) is 9.78 Å². The standard InChI is InChI=1S/C22H20N4O2/c1-12-7-13(2)9-15(8-12)26-20-17(11-23-26)22(10-18(27)24-20)16-6-4-5-14(3)19(16)25-21(22)28/h4-9,11H,10H2,1-3H3,(H,24,27)(H,25,28). The van der Waals surface area contributed by atoms with Crippen LogP contribution in [0.4, 0.5) is 11.5 Å². The highest BCUT2D eigenvalue weighted by atomic mass is 16.2. The summed E-state index contributed by atoms with van der Waals surface area (Å²) in [5, 5.41) is 10.5. The predicted octanol–water partition coefficient (Wildman–Crippen LogP) is 3.38. The summed E-state index contributed by atoms with van der Waals surface area (Å²) in [6.45, 7) is 6.01. The molecular formula is C22H20N4O2. The van der Waals surface area contributed by atoms with Gasteiger partial charge in [-0.05, 0) is 55.2 Å². The van der Waals surface area contributed by atoms with Gasteiger partial charge in [0.25, 0.3) is 0 Å². The molecule has 5 rings (SSSR count). The van der Waals surface area contributed by atoms with Crippen LogP contribution in [0.3, 0.4) is 0 Å². The van der Waals surface area contributed by atoms with Crippen molar-refractivity contribution < 1.29 is 9.59 Å². The second kappa shape index (κ2) is 5.55. The Bertz CT molecular complexity index is 1160. The smallest absolute Gasteiger partial charge is 0.240 e. The molecule has 3 aromatic rings. The van der Waals surface area contributed by atoms with Crippen molar-refractivity contribution in [2.24, 2.45) is 0 Å². The topological polar surface area (TPSA) is 76.0 Å². The van der Waals surface area contributed by atoms with E-state index in [2.05, 4.69) is 21.8 Å². The van der Waals surface area contributed by atoms with Gasteiger partial charge >= 0.3 is 0 Å². The Hall–Kier alpha value is -3.41. The monoisotopic (exact) mass is 372 g/mol. The van der Waals surface area contributed by atoms with Crippen LogP contribution in [0.2, 0.25) is 0 Å². The molecule has 1 atom stereocenters. The van der Waals surface area contributed by atoms with E-state index in [1.54, 1.807) is 10.9 Å². The van der Waals surface area contributed by atoms with Gasteiger partial charge in [0.2, 0.25) is 11.8 Å². The number of anilines is 2. The maximum absolute atomic E-state index is 13.2. The molecule has 0 fully saturated rings. The third-order valence-corrected chi connectivity index (χ3v) is 5.72. The summed E-state index contributed by atoms with van der Waals surface area (Å²) >= 11 is 0. The van der Waals surface area contributed by atoms with Gasteiger partial charge < -0.3 is 10.6 Å². The number of carbonyl (C=O) groups excluding carboxylic acids is 2. The first-order valence-corrected chi connectivity index (χ1v) is 9.29. The van der Waals surface area contributed by atoms with Gasteiger partial charge in [-0.3, -0.25) is 9.59 Å². The molecule has 2 amide bonds. The molecule has 0 saturated carbocycles. The Morgan fingerprint density at radius 2 is 1.75 bits per heavy atom. The first-order chi connectivity index (χ1) is 13.4. The number of aromatic nitrogens is 2. The summed E-state index contributed by atoms with van der Waals surface area (Å²) < 4.78 is 1.72. The Balaban J connectivity index is 1.77. The third kappa shape index (κ3) is 2.11. The van der Waals surface area contributed by atoms with Crippen LogP contribution in [0.1, 0.15) is 34.2 Å². The number of benzene rings is 2. The first-order valence-electron chi connectivity index (χ1n) is 9.29. The zero-order valence-electron chi connectivity index (χ0n) is 16.0. The largest absolute Gasteiger partial charge is 0.324 e. The van der Waals surface area contributed by atoms with Crippen LogP contribution in [0.15, 0.2) is 42.6 Å². The molecule has 1 aromatic heterocycles. The van der Waals surface area contributed by atoms with E-state index in [0.717, 1.165) is 39.2 Å². The van der Waals surface area contributed by atoms with E-state index in [0.29, 0.717) is 5.82 Å². The molecule has 6 heteroatoms. The quantitative estimate of drug-likeness (QED) is 0.688. The van der Waals surface area contributed by atoms with Crippen molar-refractivity contribution in [2.75, 3.05) is 10.6 Å². The average Bonchev–Trinajstić information content (AvgIpc) is 3.16. The molecule has 28 heavy (non-hydrogen) atoms. The molecule has 140 valence electrons. The van der Waals surface area contributed by atoms with Gasteiger partial charge in [-0.2, -0.15) is 5.10 Å². The summed E-state index contributed by atoms with van der Waals surface area (Å²) in [6, 6.07) is 11.9. The van der Waals surface area contributed by atoms with Crippen LogP contribution in [0, 0.1) is 20.8 Å². The molecule has 6 nitrogen and oxygen atoms in total. The summed E-state index contributed by atoms with van der Waals surface area (Å²) in [7, 11) is 0. The van der Waals surface area contributed by atoms with Crippen LogP contribution in [0.25, 0.3) is 5.69 Å². The molecule has 0 aliphatic carbocycles. The average molecular weight is 372 g/mol. The number of amides is 2. The van der Waals surface area contributed by atoms with Crippen LogP contribution in [-0.2, 0) is 15.0 Å². The lowest BCUT2D eigenvalue weighted by Gasteiger charge is -2.31. The minimum absolute atomic E-state index is 0.0703. The Labute approximate surface area is 162 Å². The lowest BCUT2D eigenvalue weighted by molar-refractivity contribution is -0.125. The van der Waals surface area contributed by atoms with Crippen molar-refractivity contribution in [3.8, 4) is 5.69 Å². The molecule has 0 radical (unpaired) electrons. The van der Waals surface area contributed by atoms with E-state index < -0.39 is 5.41 Å². The summed E-state index contributed by atoms with van der Waals surface area (Å²) in [5.41, 5.74) is 5.38. The number of aryl methyl sites for hydroxylation is 3. The number of nitrogens with one attached hydrogen (secondary N) is 2. The zero-order valence-corrected chi connectivity index (χ0v) is 16.0. The fraction of sp³-hybridized carbons (Fsp3) is 0.227. The molecular weight excluding hydrogens is 352 g/mol. The summed E-state index contributed by atoms with van der Waals surface area (Å²) in [5.74, 6) is 0.196. The molecule has 2 aliphatic rings. The molecule has 2 N–H and O–H groups in total. The van der Waals surface area contributed by atoms with Crippen LogP contribution >= 0.6 is 0 Å². The summed E-state index contributed by atoms with van der Waals surface area (Å²) in [4.78, 5) is 25.9. The molecule has 2 aromatic carbocycles. The Kier molecular flexibility index (Phi) is 3.32. The van der Waals surface area contributed by atoms with Crippen LogP contribution < -0.4 is 10.6 Å². The number of fused-ring (bicyclic) bond motifs is 4. The highest BCUT2D eigenvalue weighted by Crippen LogP contribution is 2.50. The lowest BCUT2D eigenvalue weighted by Crippen LogP contribution is -2.43. The second-order valence-electron chi connectivity index (χ2n) is 7.75. The zero-order chi connectivity index (χ0) is 19.6. The SMILES string of the molecule is Cc1cc(C)cc(-n2ncc3c2NC(=O)CC32C(=O)Nc3c(C)cccc32)c1. The molecule has 3 heterocycles. The van der Waals surface area contributed by atoms with Gasteiger partial charge in [0.05, 0.1) is 11.9 Å². The highest BCUT2D eigenvalue weighted by Gasteiger charge is 2.54. The van der Waals surface area contributed by atoms with E-state index in [1.165, 1.54) is 0 Å². The normalized spacial score (nSPS) is 20.0. The van der Waals surface area contributed by atoms with Crippen LogP contribution in [0.5, 0.6) is 0 Å². The van der Waals surface area contributed by atoms with Crippen molar-refractivity contribution in [3.63, 3.8) is 0 Å². The minimum atomic E-state index is -1.05. The second-order valence-corrected chi connectivity index (χ2v) is 7.75. The molecule has 2 aliphatic heterocycles. The minimum Gasteiger partial charge on any atom is -0.324 e. The van der Waals surface area contributed by atoms with Gasteiger partial charge in [-0.1, -0.05) is 24.3 Å². The van der Waals surface area contributed by atoms with Gasteiger partial charge in [0, 0.05) is 17.7 Å². The fourth-order valence-electron chi connectivity index (χ4n) is 4.54. The number of para-hydroxylation sites is 1. The molecule has 1 unspecified atom stereocenters. The predicted molar refractivity (Wildman–Crippen MR) is 107 cm³/mol. The molecule has 0 saturated heterocycles. The van der Waals surface area contributed by atoms with E-state index in [9.17, 15) is 9.59 Å². The maximum atomic E-state index is 13.2. The highest BCUT2D eigenvalue weighted by molar-refractivity contribution is 6.15. The van der Waals surface area contributed by atoms with Crippen molar-refractivity contribution in [2.45, 2.75) is 32.6 Å². The lowest BCUT2D eigenvalue weighted by atomic mass is 9.71.